The zero-order valence-corrected chi connectivity index (χ0v) is 10.3. The van der Waals surface area contributed by atoms with Crippen LogP contribution in [-0.2, 0) is 4.74 Å². The molecule has 1 saturated heterocycles. The van der Waals surface area contributed by atoms with Crippen molar-refractivity contribution in [3.05, 3.63) is 29.8 Å². The van der Waals surface area contributed by atoms with E-state index >= 15 is 0 Å². The Balaban J connectivity index is 1.84. The van der Waals surface area contributed by atoms with Crippen molar-refractivity contribution in [2.75, 3.05) is 6.61 Å². The maximum atomic E-state index is 8.68. The van der Waals surface area contributed by atoms with Crippen LogP contribution in [0.1, 0.15) is 32.3 Å². The van der Waals surface area contributed by atoms with Gasteiger partial charge in [0.15, 0.2) is 0 Å². The minimum Gasteiger partial charge on any atom is -0.491 e. The summed E-state index contributed by atoms with van der Waals surface area (Å²) in [5.41, 5.74) is 0.634. The van der Waals surface area contributed by atoms with Crippen LogP contribution in [0.15, 0.2) is 24.3 Å². The summed E-state index contributed by atoms with van der Waals surface area (Å²) in [6, 6.07) is 9.24. The number of ether oxygens (including phenoxy) is 2. The highest BCUT2D eigenvalue weighted by molar-refractivity contribution is 5.34. The molecule has 0 spiro atoms. The third-order valence-corrected chi connectivity index (χ3v) is 2.97. The van der Waals surface area contributed by atoms with E-state index in [4.69, 9.17) is 14.7 Å². The second-order valence-corrected chi connectivity index (χ2v) is 4.99. The van der Waals surface area contributed by atoms with Gasteiger partial charge >= 0.3 is 0 Å². The van der Waals surface area contributed by atoms with Crippen molar-refractivity contribution < 1.29 is 9.47 Å². The minimum atomic E-state index is -0.0152. The highest BCUT2D eigenvalue weighted by Crippen LogP contribution is 2.29. The number of nitrogens with zero attached hydrogens (tertiary/aromatic N) is 1. The lowest BCUT2D eigenvalue weighted by Crippen LogP contribution is -2.23. The molecule has 1 aromatic rings. The Morgan fingerprint density at radius 2 is 2.12 bits per heavy atom. The standard InChI is InChI=1S/C14H17NO2/c1-14(2)8-7-13(17-14)10-16-12-5-3-11(9-15)4-6-12/h3-6,13H,7-8,10H2,1-2H3. The van der Waals surface area contributed by atoms with Gasteiger partial charge in [0.2, 0.25) is 0 Å². The van der Waals surface area contributed by atoms with Crippen molar-refractivity contribution in [1.82, 2.24) is 0 Å². The number of nitriles is 1. The van der Waals surface area contributed by atoms with Crippen LogP contribution >= 0.6 is 0 Å². The van der Waals surface area contributed by atoms with Gasteiger partial charge in [0.25, 0.3) is 0 Å². The maximum absolute atomic E-state index is 8.68. The molecular weight excluding hydrogens is 214 g/mol. The van der Waals surface area contributed by atoms with Crippen molar-refractivity contribution in [2.24, 2.45) is 0 Å². The third kappa shape index (κ3) is 3.21. The third-order valence-electron chi connectivity index (χ3n) is 2.97. The molecule has 1 aliphatic rings. The predicted octanol–water partition coefficient (Wildman–Crippen LogP) is 2.89. The van der Waals surface area contributed by atoms with Gasteiger partial charge in [0.1, 0.15) is 12.4 Å². The van der Waals surface area contributed by atoms with E-state index in [0.717, 1.165) is 18.6 Å². The minimum absolute atomic E-state index is 0.0152. The van der Waals surface area contributed by atoms with Crippen LogP contribution in [0.4, 0.5) is 0 Å². The second-order valence-electron chi connectivity index (χ2n) is 4.99. The molecule has 90 valence electrons. The first-order chi connectivity index (χ1) is 8.09. The van der Waals surface area contributed by atoms with E-state index in [9.17, 15) is 0 Å². The molecule has 1 heterocycles. The van der Waals surface area contributed by atoms with Crippen molar-refractivity contribution >= 4 is 0 Å². The van der Waals surface area contributed by atoms with Crippen LogP contribution in [0, 0.1) is 11.3 Å². The van der Waals surface area contributed by atoms with Crippen molar-refractivity contribution in [3.63, 3.8) is 0 Å². The fraction of sp³-hybridized carbons (Fsp3) is 0.500. The van der Waals surface area contributed by atoms with Gasteiger partial charge in [-0.25, -0.2) is 0 Å². The number of benzene rings is 1. The number of hydrogen-bond donors (Lipinski definition) is 0. The van der Waals surface area contributed by atoms with Gasteiger partial charge in [-0.1, -0.05) is 0 Å². The molecule has 3 heteroatoms. The van der Waals surface area contributed by atoms with E-state index < -0.39 is 0 Å². The summed E-state index contributed by atoms with van der Waals surface area (Å²) in [4.78, 5) is 0. The highest BCUT2D eigenvalue weighted by atomic mass is 16.6. The molecule has 1 unspecified atom stereocenters. The van der Waals surface area contributed by atoms with E-state index in [1.54, 1.807) is 12.1 Å². The zero-order valence-electron chi connectivity index (χ0n) is 10.3. The first kappa shape index (κ1) is 11.9. The van der Waals surface area contributed by atoms with E-state index in [-0.39, 0.29) is 11.7 Å². The van der Waals surface area contributed by atoms with Gasteiger partial charge in [0.05, 0.1) is 23.3 Å². The van der Waals surface area contributed by atoms with Crippen LogP contribution in [0.2, 0.25) is 0 Å². The SMILES string of the molecule is CC1(C)CCC(COc2ccc(C#N)cc2)O1. The van der Waals surface area contributed by atoms with Crippen molar-refractivity contribution in [3.8, 4) is 11.8 Å². The van der Waals surface area contributed by atoms with E-state index in [1.807, 2.05) is 12.1 Å². The topological polar surface area (TPSA) is 42.2 Å². The quantitative estimate of drug-likeness (QED) is 0.803. The first-order valence-corrected chi connectivity index (χ1v) is 5.90. The molecule has 1 fully saturated rings. The summed E-state index contributed by atoms with van der Waals surface area (Å²) >= 11 is 0. The van der Waals surface area contributed by atoms with Gasteiger partial charge in [-0.05, 0) is 51.0 Å². The molecule has 1 aromatic carbocycles. The molecule has 17 heavy (non-hydrogen) atoms. The normalized spacial score (nSPS) is 22.1. The molecule has 2 rings (SSSR count). The van der Waals surface area contributed by atoms with Crippen molar-refractivity contribution in [2.45, 2.75) is 38.4 Å². The lowest BCUT2D eigenvalue weighted by Gasteiger charge is -2.19. The summed E-state index contributed by atoms with van der Waals surface area (Å²) in [6.07, 6.45) is 2.30. The monoisotopic (exact) mass is 231 g/mol. The summed E-state index contributed by atoms with van der Waals surface area (Å²) < 4.78 is 11.5. The van der Waals surface area contributed by atoms with Crippen LogP contribution in [0.5, 0.6) is 5.75 Å². The summed E-state index contributed by atoms with van der Waals surface area (Å²) in [5, 5.41) is 8.68. The Morgan fingerprint density at radius 3 is 2.65 bits per heavy atom. The first-order valence-electron chi connectivity index (χ1n) is 5.90. The fourth-order valence-electron chi connectivity index (χ4n) is 2.01. The zero-order chi connectivity index (χ0) is 12.3. The lowest BCUT2D eigenvalue weighted by atomic mass is 10.1. The Kier molecular flexibility index (Phi) is 3.35. The van der Waals surface area contributed by atoms with Crippen molar-refractivity contribution in [1.29, 1.82) is 5.26 Å². The van der Waals surface area contributed by atoms with E-state index in [1.165, 1.54) is 0 Å². The van der Waals surface area contributed by atoms with Crippen LogP contribution in [-0.4, -0.2) is 18.3 Å². The second kappa shape index (κ2) is 4.77. The summed E-state index contributed by atoms with van der Waals surface area (Å²) in [5.74, 6) is 0.789. The van der Waals surface area contributed by atoms with Crippen LogP contribution in [0.3, 0.4) is 0 Å². The van der Waals surface area contributed by atoms with Gasteiger partial charge in [-0.15, -0.1) is 0 Å². The number of hydrogen-bond acceptors (Lipinski definition) is 3. The molecule has 0 aromatic heterocycles. The van der Waals surface area contributed by atoms with Crippen LogP contribution in [0.25, 0.3) is 0 Å². The van der Waals surface area contributed by atoms with E-state index in [0.29, 0.717) is 12.2 Å². The summed E-state index contributed by atoms with van der Waals surface area (Å²) in [6.45, 7) is 4.79. The number of rotatable bonds is 3. The van der Waals surface area contributed by atoms with Gasteiger partial charge < -0.3 is 9.47 Å². The Labute approximate surface area is 102 Å². The molecule has 3 nitrogen and oxygen atoms in total. The smallest absolute Gasteiger partial charge is 0.119 e. The molecule has 0 saturated carbocycles. The average Bonchev–Trinajstić information content (AvgIpc) is 2.67. The molecule has 0 N–H and O–H groups in total. The Hall–Kier alpha value is -1.53. The van der Waals surface area contributed by atoms with Crippen LogP contribution < -0.4 is 4.74 Å². The van der Waals surface area contributed by atoms with Gasteiger partial charge in [0, 0.05) is 0 Å². The Bertz CT molecular complexity index is 417. The van der Waals surface area contributed by atoms with E-state index in [2.05, 4.69) is 19.9 Å². The molecule has 1 atom stereocenters. The molecule has 0 amide bonds. The summed E-state index contributed by atoms with van der Waals surface area (Å²) in [7, 11) is 0. The fourth-order valence-corrected chi connectivity index (χ4v) is 2.01. The lowest BCUT2D eigenvalue weighted by molar-refractivity contribution is -0.0326. The van der Waals surface area contributed by atoms with Gasteiger partial charge in [-0.3, -0.25) is 0 Å². The molecule has 0 aliphatic carbocycles. The molecular formula is C14H17NO2. The molecule has 0 bridgehead atoms. The highest BCUT2D eigenvalue weighted by Gasteiger charge is 2.31. The predicted molar refractivity (Wildman–Crippen MR) is 64.8 cm³/mol. The largest absolute Gasteiger partial charge is 0.491 e. The Morgan fingerprint density at radius 1 is 1.41 bits per heavy atom. The maximum Gasteiger partial charge on any atom is 0.119 e. The molecule has 1 aliphatic heterocycles. The average molecular weight is 231 g/mol. The molecule has 0 radical (unpaired) electrons. The van der Waals surface area contributed by atoms with Gasteiger partial charge in [-0.2, -0.15) is 5.26 Å².